The van der Waals surface area contributed by atoms with E-state index in [0.717, 1.165) is 37.4 Å². The molecule has 2 fully saturated rings. The van der Waals surface area contributed by atoms with Crippen LogP contribution in [0.2, 0.25) is 0 Å². The summed E-state index contributed by atoms with van der Waals surface area (Å²) >= 11 is 0. The van der Waals surface area contributed by atoms with E-state index in [1.54, 1.807) is 6.92 Å². The number of aromatic nitrogens is 5. The highest BCUT2D eigenvalue weighted by atomic mass is 19.1. The molecule has 2 heterocycles. The molecule has 8 nitrogen and oxygen atoms in total. The van der Waals surface area contributed by atoms with E-state index in [-0.39, 0.29) is 17.8 Å². The second-order valence-electron chi connectivity index (χ2n) is 8.43. The third-order valence-electron chi connectivity index (χ3n) is 5.64. The topological polar surface area (TPSA) is 97.6 Å². The predicted octanol–water partition coefficient (Wildman–Crippen LogP) is 4.68. The van der Waals surface area contributed by atoms with E-state index in [2.05, 4.69) is 30.7 Å². The van der Waals surface area contributed by atoms with Gasteiger partial charge in [-0.3, -0.25) is 4.79 Å². The predicted molar refractivity (Wildman–Crippen MR) is 114 cm³/mol. The van der Waals surface area contributed by atoms with Crippen LogP contribution < -0.4 is 10.6 Å². The van der Waals surface area contributed by atoms with E-state index in [0.29, 0.717) is 29.1 Å². The Hall–Kier alpha value is -3.43. The van der Waals surface area contributed by atoms with Gasteiger partial charge in [0, 0.05) is 36.5 Å². The number of nitrogens with zero attached hydrogens (tertiary/aromatic N) is 5. The van der Waals surface area contributed by atoms with Crippen LogP contribution in [0, 0.1) is 11.6 Å². The molecule has 1 atom stereocenters. The fourth-order valence-corrected chi connectivity index (χ4v) is 3.65. The van der Waals surface area contributed by atoms with Gasteiger partial charge in [-0.15, -0.1) is 5.10 Å². The number of benzene rings is 1. The largest absolute Gasteiger partial charge is 0.347 e. The Morgan fingerprint density at radius 1 is 1.06 bits per heavy atom. The van der Waals surface area contributed by atoms with Gasteiger partial charge in [-0.25, -0.2) is 13.5 Å². The molecule has 3 aromatic rings. The van der Waals surface area contributed by atoms with E-state index in [1.807, 2.05) is 6.07 Å². The van der Waals surface area contributed by atoms with Crippen LogP contribution in [0.15, 0.2) is 24.3 Å². The van der Waals surface area contributed by atoms with Gasteiger partial charge < -0.3 is 10.6 Å². The molecule has 0 amide bonds. The lowest BCUT2D eigenvalue weighted by molar-refractivity contribution is 0.0918. The molecule has 1 unspecified atom stereocenters. The lowest BCUT2D eigenvalue weighted by Gasteiger charge is -2.16. The van der Waals surface area contributed by atoms with Gasteiger partial charge in [0.15, 0.2) is 5.82 Å². The van der Waals surface area contributed by atoms with Crippen LogP contribution in [0.3, 0.4) is 0 Å². The highest BCUT2D eigenvalue weighted by Crippen LogP contribution is 2.41. The van der Waals surface area contributed by atoms with Crippen LogP contribution in [-0.4, -0.2) is 30.6 Å². The van der Waals surface area contributed by atoms with Crippen molar-refractivity contribution in [2.75, 3.05) is 10.6 Å². The first-order valence-corrected chi connectivity index (χ1v) is 10.7. The molecular formula is C22H23F2N7O. The summed E-state index contributed by atoms with van der Waals surface area (Å²) in [5.74, 6) is 0.912. The Morgan fingerprint density at radius 2 is 1.78 bits per heavy atom. The van der Waals surface area contributed by atoms with E-state index >= 15 is 0 Å². The highest BCUT2D eigenvalue weighted by molar-refractivity contribution is 5.77. The molecule has 10 heteroatoms. The SMILES string of the molecule is CC(=O)n1nc(Nc2nc(NC(C)c3ccc(F)cc3F)nc(C3CC3)n2)cc1C1CC1. The van der Waals surface area contributed by atoms with E-state index < -0.39 is 17.7 Å². The molecule has 1 aromatic carbocycles. The van der Waals surface area contributed by atoms with Crippen LogP contribution >= 0.6 is 0 Å². The molecular weight excluding hydrogens is 416 g/mol. The third kappa shape index (κ3) is 4.30. The van der Waals surface area contributed by atoms with Crippen LogP contribution in [-0.2, 0) is 0 Å². The standard InChI is InChI=1S/C22H23F2N7O/c1-11(16-8-7-15(23)9-17(16)24)25-21-27-20(14-5-6-14)28-22(29-21)26-19-10-18(13-3-4-13)31(30-19)12(2)32/h7-11,13-14H,3-6H2,1-2H3,(H2,25,26,27,28,29,30). The average molecular weight is 439 g/mol. The van der Waals surface area contributed by atoms with Crippen molar-refractivity contribution in [1.82, 2.24) is 24.7 Å². The monoisotopic (exact) mass is 439 g/mol. The summed E-state index contributed by atoms with van der Waals surface area (Å²) < 4.78 is 28.8. The first-order chi connectivity index (χ1) is 15.4. The van der Waals surface area contributed by atoms with Crippen molar-refractivity contribution < 1.29 is 13.6 Å². The second kappa shape index (κ2) is 7.92. The van der Waals surface area contributed by atoms with Gasteiger partial charge in [-0.05, 0) is 38.7 Å². The van der Waals surface area contributed by atoms with Crippen molar-refractivity contribution >= 4 is 23.6 Å². The van der Waals surface area contributed by atoms with E-state index in [1.165, 1.54) is 23.7 Å². The maximum atomic E-state index is 14.2. The fraction of sp³-hybridized carbons (Fsp3) is 0.409. The van der Waals surface area contributed by atoms with Gasteiger partial charge >= 0.3 is 0 Å². The Kier molecular flexibility index (Phi) is 5.07. The summed E-state index contributed by atoms with van der Waals surface area (Å²) in [7, 11) is 0. The smallest absolute Gasteiger partial charge is 0.244 e. The Morgan fingerprint density at radius 3 is 2.44 bits per heavy atom. The molecule has 0 radical (unpaired) electrons. The quantitative estimate of drug-likeness (QED) is 0.552. The van der Waals surface area contributed by atoms with E-state index in [9.17, 15) is 13.6 Å². The number of hydrogen-bond donors (Lipinski definition) is 2. The zero-order chi connectivity index (χ0) is 22.4. The van der Waals surface area contributed by atoms with Crippen LogP contribution in [0.5, 0.6) is 0 Å². The second-order valence-corrected chi connectivity index (χ2v) is 8.43. The molecule has 2 aromatic heterocycles. The lowest BCUT2D eigenvalue weighted by Crippen LogP contribution is -2.14. The maximum Gasteiger partial charge on any atom is 0.244 e. The number of rotatable bonds is 7. The molecule has 2 saturated carbocycles. The summed E-state index contributed by atoms with van der Waals surface area (Å²) in [6.45, 7) is 3.23. The molecule has 0 saturated heterocycles. The minimum Gasteiger partial charge on any atom is -0.347 e. The number of hydrogen-bond acceptors (Lipinski definition) is 7. The van der Waals surface area contributed by atoms with Gasteiger partial charge in [0.25, 0.3) is 0 Å². The Bertz CT molecular complexity index is 1190. The minimum absolute atomic E-state index is 0.147. The van der Waals surface area contributed by atoms with Crippen molar-refractivity contribution in [3.8, 4) is 0 Å². The van der Waals surface area contributed by atoms with Gasteiger partial charge in [0.1, 0.15) is 17.5 Å². The number of nitrogens with one attached hydrogen (secondary N) is 2. The maximum absolute atomic E-state index is 14.2. The van der Waals surface area contributed by atoms with Crippen LogP contribution in [0.4, 0.5) is 26.5 Å². The van der Waals surface area contributed by atoms with Crippen molar-refractivity contribution in [2.24, 2.45) is 0 Å². The van der Waals surface area contributed by atoms with Crippen molar-refractivity contribution in [3.63, 3.8) is 0 Å². The van der Waals surface area contributed by atoms with Gasteiger partial charge in [-0.1, -0.05) is 6.07 Å². The lowest BCUT2D eigenvalue weighted by atomic mass is 10.1. The molecule has 0 spiro atoms. The summed E-state index contributed by atoms with van der Waals surface area (Å²) in [6.07, 6.45) is 4.08. The molecule has 32 heavy (non-hydrogen) atoms. The number of anilines is 3. The van der Waals surface area contributed by atoms with Crippen molar-refractivity contribution in [1.29, 1.82) is 0 Å². The molecule has 2 aliphatic rings. The molecule has 2 N–H and O–H groups in total. The first-order valence-electron chi connectivity index (χ1n) is 10.7. The normalized spacial score (nSPS) is 16.6. The highest BCUT2D eigenvalue weighted by Gasteiger charge is 2.30. The number of halogens is 2. The summed E-state index contributed by atoms with van der Waals surface area (Å²) in [4.78, 5) is 25.4. The van der Waals surface area contributed by atoms with Gasteiger partial charge in [0.2, 0.25) is 17.8 Å². The van der Waals surface area contributed by atoms with Crippen LogP contribution in [0.1, 0.15) is 79.3 Å². The third-order valence-corrected chi connectivity index (χ3v) is 5.64. The average Bonchev–Trinajstić information content (AvgIpc) is 3.65. The Labute approximate surface area is 183 Å². The number of carbonyl (C=O) groups excluding carboxylic acids is 1. The first kappa shape index (κ1) is 20.5. The molecule has 5 rings (SSSR count). The Balaban J connectivity index is 1.41. The molecule has 0 bridgehead atoms. The number of carbonyl (C=O) groups is 1. The zero-order valence-corrected chi connectivity index (χ0v) is 17.8. The van der Waals surface area contributed by atoms with Gasteiger partial charge in [-0.2, -0.15) is 15.0 Å². The minimum atomic E-state index is -0.637. The molecule has 2 aliphatic carbocycles. The van der Waals surface area contributed by atoms with Crippen LogP contribution in [0.25, 0.3) is 0 Å². The fourth-order valence-electron chi connectivity index (χ4n) is 3.65. The zero-order valence-electron chi connectivity index (χ0n) is 17.8. The van der Waals surface area contributed by atoms with Gasteiger partial charge in [0.05, 0.1) is 11.7 Å². The molecule has 0 aliphatic heterocycles. The van der Waals surface area contributed by atoms with Crippen molar-refractivity contribution in [2.45, 2.75) is 57.4 Å². The summed E-state index contributed by atoms with van der Waals surface area (Å²) in [5.41, 5.74) is 1.19. The molecule has 166 valence electrons. The van der Waals surface area contributed by atoms with E-state index in [4.69, 9.17) is 0 Å². The summed E-state index contributed by atoms with van der Waals surface area (Å²) in [6, 6.07) is 4.83. The summed E-state index contributed by atoms with van der Waals surface area (Å²) in [5, 5.41) is 10.5. The van der Waals surface area contributed by atoms with Crippen molar-refractivity contribution in [3.05, 3.63) is 53.0 Å².